The third-order valence-electron chi connectivity index (χ3n) is 3.52. The number of ketones is 1. The molecule has 1 N–H and O–H groups in total. The zero-order chi connectivity index (χ0) is 18.2. The number of carbonyl (C=O) groups is 2. The van der Waals surface area contributed by atoms with Crippen LogP contribution >= 0.6 is 0 Å². The van der Waals surface area contributed by atoms with Gasteiger partial charge in [-0.25, -0.2) is 4.79 Å². The normalized spacial score (nSPS) is 11.7. The Labute approximate surface area is 148 Å². The summed E-state index contributed by atoms with van der Waals surface area (Å²) in [4.78, 5) is 24.7. The fourth-order valence-corrected chi connectivity index (χ4v) is 2.42. The van der Waals surface area contributed by atoms with Gasteiger partial charge in [-0.2, -0.15) is 0 Å². The summed E-state index contributed by atoms with van der Waals surface area (Å²) < 4.78 is 5.27. The maximum Gasteiger partial charge on any atom is 0.344 e. The molecule has 0 radical (unpaired) electrons. The molecule has 2 aromatic rings. The zero-order valence-electron chi connectivity index (χ0n) is 14.8. The Morgan fingerprint density at radius 1 is 0.960 bits per heavy atom. The van der Waals surface area contributed by atoms with Gasteiger partial charge in [-0.3, -0.25) is 4.79 Å². The molecule has 2 aromatic carbocycles. The van der Waals surface area contributed by atoms with Gasteiger partial charge in [-0.15, -0.1) is 0 Å². The molecule has 0 spiro atoms. The highest BCUT2D eigenvalue weighted by Gasteiger charge is 2.23. The maximum atomic E-state index is 12.5. The van der Waals surface area contributed by atoms with Crippen LogP contribution in [0.5, 0.6) is 0 Å². The van der Waals surface area contributed by atoms with Crippen molar-refractivity contribution in [3.8, 4) is 0 Å². The number of ether oxygens (including phenoxy) is 1. The molecule has 0 bridgehead atoms. The van der Waals surface area contributed by atoms with Crippen LogP contribution in [-0.4, -0.2) is 17.9 Å². The highest BCUT2D eigenvalue weighted by atomic mass is 16.5. The summed E-state index contributed by atoms with van der Waals surface area (Å²) in [6.07, 6.45) is -0.298. The molecule has 0 saturated heterocycles. The van der Waals surface area contributed by atoms with Crippen LogP contribution in [0.3, 0.4) is 0 Å². The first kappa shape index (κ1) is 18.5. The summed E-state index contributed by atoms with van der Waals surface area (Å²) >= 11 is 0. The topological polar surface area (TPSA) is 55.4 Å². The van der Waals surface area contributed by atoms with Gasteiger partial charge in [0.25, 0.3) is 0 Å². The number of hydrogen-bond donors (Lipinski definition) is 1. The molecule has 0 fully saturated rings. The maximum absolute atomic E-state index is 12.5. The molecule has 0 unspecified atom stereocenters. The lowest BCUT2D eigenvalue weighted by Gasteiger charge is -2.17. The Bertz CT molecular complexity index is 749. The summed E-state index contributed by atoms with van der Waals surface area (Å²) in [7, 11) is 0. The van der Waals surface area contributed by atoms with E-state index in [0.29, 0.717) is 12.2 Å². The molecule has 4 nitrogen and oxygen atoms in total. The van der Waals surface area contributed by atoms with E-state index in [1.807, 2.05) is 60.7 Å². The number of hydrogen-bond acceptors (Lipinski definition) is 4. The van der Waals surface area contributed by atoms with Gasteiger partial charge in [0, 0.05) is 6.54 Å². The Kier molecular flexibility index (Phi) is 6.52. The smallest absolute Gasteiger partial charge is 0.344 e. The van der Waals surface area contributed by atoms with E-state index in [1.165, 1.54) is 6.92 Å². The molecule has 0 aromatic heterocycles. The molecule has 0 atom stereocenters. The number of carbonyl (C=O) groups excluding carboxylic acids is 2. The molecule has 130 valence electrons. The molecular weight excluding hydrogens is 314 g/mol. The lowest BCUT2D eigenvalue weighted by molar-refractivity contribution is -0.143. The van der Waals surface area contributed by atoms with Crippen molar-refractivity contribution in [3.63, 3.8) is 0 Å². The van der Waals surface area contributed by atoms with Crippen LogP contribution in [0.2, 0.25) is 0 Å². The minimum Gasteiger partial charge on any atom is -0.459 e. The van der Waals surface area contributed by atoms with Crippen molar-refractivity contribution in [1.82, 2.24) is 5.32 Å². The molecular formula is C21H23NO3. The number of nitrogens with one attached hydrogen (secondary N) is 1. The van der Waals surface area contributed by atoms with E-state index in [1.54, 1.807) is 13.8 Å². The minimum atomic E-state index is -0.609. The predicted molar refractivity (Wildman–Crippen MR) is 98.6 cm³/mol. The second kappa shape index (κ2) is 8.83. The largest absolute Gasteiger partial charge is 0.459 e. The van der Waals surface area contributed by atoms with Gasteiger partial charge in [0.1, 0.15) is 5.57 Å². The Hall–Kier alpha value is -2.88. The first-order chi connectivity index (χ1) is 12.0. The van der Waals surface area contributed by atoms with E-state index < -0.39 is 5.97 Å². The molecule has 0 aliphatic carbocycles. The van der Waals surface area contributed by atoms with Crippen molar-refractivity contribution in [2.45, 2.75) is 33.4 Å². The van der Waals surface area contributed by atoms with Gasteiger partial charge in [0.2, 0.25) is 0 Å². The summed E-state index contributed by atoms with van der Waals surface area (Å²) in [5.41, 5.74) is 2.35. The Morgan fingerprint density at radius 2 is 1.52 bits per heavy atom. The van der Waals surface area contributed by atoms with Crippen molar-refractivity contribution in [2.75, 3.05) is 0 Å². The number of esters is 1. The van der Waals surface area contributed by atoms with Crippen LogP contribution in [0.4, 0.5) is 0 Å². The fraction of sp³-hybridized carbons (Fsp3) is 0.238. The molecule has 0 aliphatic rings. The van der Waals surface area contributed by atoms with E-state index in [0.717, 1.165) is 11.1 Å². The van der Waals surface area contributed by atoms with Crippen molar-refractivity contribution >= 4 is 17.4 Å². The zero-order valence-corrected chi connectivity index (χ0v) is 14.8. The van der Waals surface area contributed by atoms with E-state index in [9.17, 15) is 9.59 Å². The quantitative estimate of drug-likeness (QED) is 0.362. The second-order valence-electron chi connectivity index (χ2n) is 5.97. The van der Waals surface area contributed by atoms with Gasteiger partial charge in [0.15, 0.2) is 5.78 Å². The number of benzene rings is 2. The van der Waals surface area contributed by atoms with Crippen LogP contribution in [0.15, 0.2) is 66.2 Å². The minimum absolute atomic E-state index is 0.0378. The van der Waals surface area contributed by atoms with Gasteiger partial charge < -0.3 is 10.1 Å². The average molecular weight is 337 g/mol. The first-order valence-corrected chi connectivity index (χ1v) is 8.28. The highest BCUT2D eigenvalue weighted by molar-refractivity contribution is 6.21. The third kappa shape index (κ3) is 5.31. The predicted octanol–water partition coefficient (Wildman–Crippen LogP) is 3.73. The van der Waals surface area contributed by atoms with Crippen LogP contribution in [0.25, 0.3) is 5.70 Å². The van der Waals surface area contributed by atoms with E-state index in [2.05, 4.69) is 5.32 Å². The van der Waals surface area contributed by atoms with Gasteiger partial charge in [-0.05, 0) is 31.9 Å². The number of Topliss-reactive ketones (excluding diaryl/α,β-unsaturated/α-hetero) is 1. The van der Waals surface area contributed by atoms with E-state index in [-0.39, 0.29) is 17.5 Å². The third-order valence-corrected chi connectivity index (χ3v) is 3.52. The lowest BCUT2D eigenvalue weighted by Crippen LogP contribution is -2.24. The van der Waals surface area contributed by atoms with Crippen LogP contribution in [0.1, 0.15) is 31.9 Å². The molecule has 0 saturated carbocycles. The molecule has 0 heterocycles. The highest BCUT2D eigenvalue weighted by Crippen LogP contribution is 2.19. The molecule has 0 aliphatic heterocycles. The summed E-state index contributed by atoms with van der Waals surface area (Å²) in [5.74, 6) is -0.938. The molecule has 4 heteroatoms. The average Bonchev–Trinajstić information content (AvgIpc) is 2.59. The van der Waals surface area contributed by atoms with Crippen molar-refractivity contribution in [1.29, 1.82) is 0 Å². The van der Waals surface area contributed by atoms with Crippen molar-refractivity contribution < 1.29 is 14.3 Å². The monoisotopic (exact) mass is 337 g/mol. The summed E-state index contributed by atoms with van der Waals surface area (Å²) in [5, 5.41) is 3.25. The van der Waals surface area contributed by atoms with Gasteiger partial charge in [0.05, 0.1) is 11.8 Å². The molecule has 0 amide bonds. The number of rotatable bonds is 7. The summed E-state index contributed by atoms with van der Waals surface area (Å²) in [6.45, 7) is 5.39. The van der Waals surface area contributed by atoms with E-state index in [4.69, 9.17) is 4.74 Å². The molecule has 25 heavy (non-hydrogen) atoms. The summed E-state index contributed by atoms with van der Waals surface area (Å²) in [6, 6.07) is 19.1. The standard InChI is InChI=1S/C21H23NO3/c1-15(2)25-21(24)19(16(3)23)20(18-12-8-5-9-13-18)22-14-17-10-6-4-7-11-17/h4-13,15,22H,14H2,1-3H3/b20-19+. The van der Waals surface area contributed by atoms with Crippen LogP contribution in [0, 0.1) is 0 Å². The second-order valence-corrected chi connectivity index (χ2v) is 5.97. The lowest BCUT2D eigenvalue weighted by atomic mass is 10.0. The first-order valence-electron chi connectivity index (χ1n) is 8.28. The van der Waals surface area contributed by atoms with Gasteiger partial charge in [-0.1, -0.05) is 60.7 Å². The van der Waals surface area contributed by atoms with Crippen LogP contribution in [-0.2, 0) is 20.9 Å². The van der Waals surface area contributed by atoms with E-state index >= 15 is 0 Å². The van der Waals surface area contributed by atoms with Crippen LogP contribution < -0.4 is 5.32 Å². The Morgan fingerprint density at radius 3 is 2.04 bits per heavy atom. The SMILES string of the molecule is CC(=O)/C(C(=O)OC(C)C)=C(\NCc1ccccc1)c1ccccc1. The molecule has 2 rings (SSSR count). The Balaban J connectivity index is 2.43. The fourth-order valence-electron chi connectivity index (χ4n) is 2.42. The van der Waals surface area contributed by atoms with Crippen molar-refractivity contribution in [3.05, 3.63) is 77.4 Å². The van der Waals surface area contributed by atoms with Crippen molar-refractivity contribution in [2.24, 2.45) is 0 Å². The van der Waals surface area contributed by atoms with Gasteiger partial charge >= 0.3 is 5.97 Å².